The number of benzene rings is 1. The Morgan fingerprint density at radius 3 is 2.47 bits per heavy atom. The van der Waals surface area contributed by atoms with Gasteiger partial charge in [0.2, 0.25) is 0 Å². The maximum Gasteiger partial charge on any atom is 0.0861 e. The minimum absolute atomic E-state index is 0.0648. The Balaban J connectivity index is 2.44. The molecule has 0 aliphatic carbocycles. The molecule has 0 N–H and O–H groups in total. The minimum atomic E-state index is -0.0648. The SMILES string of the molecule is CC1=NCC(C)(C)N=C1c1ccccc1. The van der Waals surface area contributed by atoms with Crippen LogP contribution in [-0.4, -0.2) is 23.5 Å². The van der Waals surface area contributed by atoms with Crippen LogP contribution in [0.1, 0.15) is 26.3 Å². The van der Waals surface area contributed by atoms with Crippen LogP contribution in [0.2, 0.25) is 0 Å². The predicted octanol–water partition coefficient (Wildman–Crippen LogP) is 2.73. The van der Waals surface area contributed by atoms with Crippen LogP contribution < -0.4 is 0 Å². The molecule has 0 fully saturated rings. The van der Waals surface area contributed by atoms with E-state index in [9.17, 15) is 0 Å². The minimum Gasteiger partial charge on any atom is -0.285 e. The van der Waals surface area contributed by atoms with E-state index >= 15 is 0 Å². The largest absolute Gasteiger partial charge is 0.285 e. The van der Waals surface area contributed by atoms with Crippen molar-refractivity contribution in [1.29, 1.82) is 0 Å². The summed E-state index contributed by atoms with van der Waals surface area (Å²) in [5.74, 6) is 0. The van der Waals surface area contributed by atoms with E-state index in [1.807, 2.05) is 25.1 Å². The Kier molecular flexibility index (Phi) is 2.43. The lowest BCUT2D eigenvalue weighted by atomic mass is 9.99. The first-order valence-electron chi connectivity index (χ1n) is 5.25. The standard InChI is InChI=1S/C13H16N2/c1-10-12(11-7-5-4-6-8-11)15-13(2,3)9-14-10/h4-8H,9H2,1-3H3. The lowest BCUT2D eigenvalue weighted by molar-refractivity contribution is 0.533. The molecule has 0 bridgehead atoms. The monoisotopic (exact) mass is 200 g/mol. The van der Waals surface area contributed by atoms with Gasteiger partial charge in [0, 0.05) is 5.56 Å². The van der Waals surface area contributed by atoms with E-state index in [4.69, 9.17) is 4.99 Å². The molecule has 0 radical (unpaired) electrons. The zero-order valence-electron chi connectivity index (χ0n) is 9.49. The first-order chi connectivity index (χ1) is 7.08. The molecule has 1 heterocycles. The van der Waals surface area contributed by atoms with Gasteiger partial charge in [-0.05, 0) is 20.8 Å². The van der Waals surface area contributed by atoms with Gasteiger partial charge >= 0.3 is 0 Å². The van der Waals surface area contributed by atoms with Crippen molar-refractivity contribution >= 4 is 11.4 Å². The number of hydrogen-bond acceptors (Lipinski definition) is 2. The van der Waals surface area contributed by atoms with Crippen molar-refractivity contribution in [3.05, 3.63) is 35.9 Å². The van der Waals surface area contributed by atoms with Gasteiger partial charge in [-0.3, -0.25) is 9.98 Å². The van der Waals surface area contributed by atoms with Crippen LogP contribution in [0.4, 0.5) is 0 Å². The lowest BCUT2D eigenvalue weighted by Gasteiger charge is -2.24. The third-order valence-corrected chi connectivity index (χ3v) is 2.51. The molecule has 78 valence electrons. The van der Waals surface area contributed by atoms with Crippen molar-refractivity contribution in [1.82, 2.24) is 0 Å². The molecule has 0 spiro atoms. The van der Waals surface area contributed by atoms with E-state index in [-0.39, 0.29) is 5.54 Å². The first-order valence-corrected chi connectivity index (χ1v) is 5.25. The van der Waals surface area contributed by atoms with E-state index in [2.05, 4.69) is 31.0 Å². The number of hydrogen-bond donors (Lipinski definition) is 0. The maximum atomic E-state index is 4.75. The Bertz CT molecular complexity index is 413. The Labute approximate surface area is 90.8 Å². The van der Waals surface area contributed by atoms with E-state index in [0.717, 1.165) is 23.5 Å². The molecule has 2 heteroatoms. The molecule has 0 unspecified atom stereocenters. The van der Waals surface area contributed by atoms with E-state index < -0.39 is 0 Å². The maximum absolute atomic E-state index is 4.75. The summed E-state index contributed by atoms with van der Waals surface area (Å²) < 4.78 is 0. The number of nitrogens with zero attached hydrogens (tertiary/aromatic N) is 2. The fourth-order valence-corrected chi connectivity index (χ4v) is 1.68. The van der Waals surface area contributed by atoms with Crippen molar-refractivity contribution in [3.8, 4) is 0 Å². The van der Waals surface area contributed by atoms with Crippen LogP contribution in [0.25, 0.3) is 0 Å². The summed E-state index contributed by atoms with van der Waals surface area (Å²) in [4.78, 5) is 9.28. The molecule has 0 saturated heterocycles. The molecular weight excluding hydrogens is 184 g/mol. The molecular formula is C13H16N2. The van der Waals surface area contributed by atoms with Crippen molar-refractivity contribution in [2.45, 2.75) is 26.3 Å². The fraction of sp³-hybridized carbons (Fsp3) is 0.385. The highest BCUT2D eigenvalue weighted by molar-refractivity contribution is 6.48. The van der Waals surface area contributed by atoms with E-state index in [0.29, 0.717) is 0 Å². The van der Waals surface area contributed by atoms with E-state index in [1.54, 1.807) is 0 Å². The quantitative estimate of drug-likeness (QED) is 0.666. The third kappa shape index (κ3) is 2.14. The summed E-state index contributed by atoms with van der Waals surface area (Å²) in [6, 6.07) is 10.3. The van der Waals surface area contributed by atoms with Crippen LogP contribution >= 0.6 is 0 Å². The molecule has 0 saturated carbocycles. The first kappa shape index (κ1) is 10.1. The van der Waals surface area contributed by atoms with Gasteiger partial charge in [0.1, 0.15) is 0 Å². The van der Waals surface area contributed by atoms with Crippen LogP contribution in [0.5, 0.6) is 0 Å². The van der Waals surface area contributed by atoms with Gasteiger partial charge in [-0.15, -0.1) is 0 Å². The predicted molar refractivity (Wildman–Crippen MR) is 65.0 cm³/mol. The molecule has 1 aliphatic heterocycles. The Hall–Kier alpha value is -1.44. The highest BCUT2D eigenvalue weighted by Gasteiger charge is 2.22. The molecule has 0 amide bonds. The van der Waals surface area contributed by atoms with Gasteiger partial charge in [-0.25, -0.2) is 0 Å². The van der Waals surface area contributed by atoms with Gasteiger partial charge in [0.15, 0.2) is 0 Å². The van der Waals surface area contributed by atoms with Crippen LogP contribution in [0.15, 0.2) is 40.3 Å². The second-order valence-corrected chi connectivity index (χ2v) is 4.54. The van der Waals surface area contributed by atoms with Crippen LogP contribution in [-0.2, 0) is 0 Å². The van der Waals surface area contributed by atoms with Crippen LogP contribution in [0, 0.1) is 0 Å². The van der Waals surface area contributed by atoms with Crippen molar-refractivity contribution in [2.75, 3.05) is 6.54 Å². The summed E-state index contributed by atoms with van der Waals surface area (Å²) in [5, 5.41) is 0. The second kappa shape index (κ2) is 3.61. The van der Waals surface area contributed by atoms with Gasteiger partial charge in [0.05, 0.1) is 23.5 Å². The summed E-state index contributed by atoms with van der Waals surface area (Å²) in [5.41, 5.74) is 3.17. The van der Waals surface area contributed by atoms with Crippen molar-refractivity contribution < 1.29 is 0 Å². The highest BCUT2D eigenvalue weighted by atomic mass is 15.0. The summed E-state index contributed by atoms with van der Waals surface area (Å²) >= 11 is 0. The average molecular weight is 200 g/mol. The Morgan fingerprint density at radius 1 is 1.13 bits per heavy atom. The smallest absolute Gasteiger partial charge is 0.0861 e. The molecule has 1 aromatic carbocycles. The second-order valence-electron chi connectivity index (χ2n) is 4.54. The summed E-state index contributed by atoms with van der Waals surface area (Å²) in [6.07, 6.45) is 0. The van der Waals surface area contributed by atoms with E-state index in [1.165, 1.54) is 0 Å². The summed E-state index contributed by atoms with van der Waals surface area (Å²) in [7, 11) is 0. The third-order valence-electron chi connectivity index (χ3n) is 2.51. The Morgan fingerprint density at radius 2 is 1.80 bits per heavy atom. The zero-order valence-corrected chi connectivity index (χ0v) is 9.49. The average Bonchev–Trinajstić information content (AvgIpc) is 2.23. The zero-order chi connectivity index (χ0) is 10.9. The van der Waals surface area contributed by atoms with Crippen molar-refractivity contribution in [3.63, 3.8) is 0 Å². The van der Waals surface area contributed by atoms with Crippen LogP contribution in [0.3, 0.4) is 0 Å². The number of rotatable bonds is 1. The fourth-order valence-electron chi connectivity index (χ4n) is 1.68. The van der Waals surface area contributed by atoms with Gasteiger partial charge in [-0.1, -0.05) is 30.3 Å². The van der Waals surface area contributed by atoms with Gasteiger partial charge in [0.25, 0.3) is 0 Å². The summed E-state index contributed by atoms with van der Waals surface area (Å²) in [6.45, 7) is 7.05. The molecule has 0 aromatic heterocycles. The van der Waals surface area contributed by atoms with Gasteiger partial charge in [-0.2, -0.15) is 0 Å². The molecule has 2 nitrogen and oxygen atoms in total. The topological polar surface area (TPSA) is 24.7 Å². The molecule has 1 aliphatic rings. The van der Waals surface area contributed by atoms with Gasteiger partial charge < -0.3 is 0 Å². The molecule has 0 atom stereocenters. The molecule has 15 heavy (non-hydrogen) atoms. The normalized spacial score (nSPS) is 19.4. The number of aliphatic imine (C=N–C) groups is 2. The van der Waals surface area contributed by atoms with Crippen molar-refractivity contribution in [2.24, 2.45) is 9.98 Å². The molecule has 1 aromatic rings. The highest BCUT2D eigenvalue weighted by Crippen LogP contribution is 2.17. The lowest BCUT2D eigenvalue weighted by Crippen LogP contribution is -2.31. The molecule has 2 rings (SSSR count).